The van der Waals surface area contributed by atoms with Crippen LogP contribution in [0, 0.1) is 45.3 Å². The monoisotopic (exact) mass is 406 g/mol. The molecule has 0 aliphatic carbocycles. The lowest BCUT2D eigenvalue weighted by Gasteiger charge is -2.33. The summed E-state index contributed by atoms with van der Waals surface area (Å²) < 4.78 is 28.7. The summed E-state index contributed by atoms with van der Waals surface area (Å²) in [5.74, 6) is 0. The summed E-state index contributed by atoms with van der Waals surface area (Å²) in [7, 11) is 0. The lowest BCUT2D eigenvalue weighted by atomic mass is 10.1. The van der Waals surface area contributed by atoms with Gasteiger partial charge in [0.15, 0.2) is 0 Å². The molecular weight excluding hydrogens is 376 g/mol. The van der Waals surface area contributed by atoms with Gasteiger partial charge in [-0.15, -0.1) is 0 Å². The summed E-state index contributed by atoms with van der Waals surface area (Å²) in [5, 5.41) is 35.1. The first-order valence-corrected chi connectivity index (χ1v) is 9.73. The normalized spacial score (nSPS) is 13.4. The molecule has 0 aliphatic rings. The van der Waals surface area contributed by atoms with E-state index in [1.165, 1.54) is 0 Å². The number of nitriles is 4. The zero-order chi connectivity index (χ0) is 21.6. The topological polar surface area (TPSA) is 141 Å². The zero-order valence-electron chi connectivity index (χ0n) is 17.0. The quantitative estimate of drug-likeness (QED) is 0.295. The third-order valence-electron chi connectivity index (χ3n) is 3.62. The molecule has 0 aromatic carbocycles. The Bertz CT molecular complexity index is 561. The van der Waals surface area contributed by atoms with Crippen LogP contribution in [0.25, 0.3) is 0 Å². The largest absolute Gasteiger partial charge is 0.379 e. The van der Waals surface area contributed by atoms with Gasteiger partial charge in [0.05, 0.1) is 89.6 Å². The van der Waals surface area contributed by atoms with E-state index in [0.717, 1.165) is 6.42 Å². The molecule has 0 bridgehead atoms. The van der Waals surface area contributed by atoms with Crippen LogP contribution in [-0.2, 0) is 23.7 Å². The van der Waals surface area contributed by atoms with E-state index in [1.54, 1.807) is 0 Å². The van der Waals surface area contributed by atoms with Crippen molar-refractivity contribution in [2.24, 2.45) is 0 Å². The second kappa shape index (κ2) is 20.5. The molecule has 0 heterocycles. The fraction of sp³-hybridized carbons (Fsp3) is 0.800. The molecule has 0 aromatic rings. The van der Waals surface area contributed by atoms with Crippen molar-refractivity contribution in [2.45, 2.75) is 57.3 Å². The van der Waals surface area contributed by atoms with Crippen LogP contribution < -0.4 is 0 Å². The number of ether oxygens (including phenoxy) is 5. The molecule has 3 unspecified atom stereocenters. The minimum absolute atomic E-state index is 0.135. The van der Waals surface area contributed by atoms with Gasteiger partial charge in [0.1, 0.15) is 18.3 Å². The maximum Gasteiger partial charge on any atom is 0.114 e. The van der Waals surface area contributed by atoms with E-state index in [9.17, 15) is 0 Å². The number of hydrogen-bond donors (Lipinski definition) is 0. The van der Waals surface area contributed by atoms with Gasteiger partial charge in [0.2, 0.25) is 0 Å². The molecule has 0 N–H and O–H groups in total. The molecule has 0 spiro atoms. The van der Waals surface area contributed by atoms with Crippen LogP contribution in [0.3, 0.4) is 0 Å². The minimum atomic E-state index is -0.625. The lowest BCUT2D eigenvalue weighted by molar-refractivity contribution is -0.167. The second-order valence-electron chi connectivity index (χ2n) is 5.94. The third-order valence-corrected chi connectivity index (χ3v) is 3.62. The summed E-state index contributed by atoms with van der Waals surface area (Å²) in [6.45, 7) is 3.69. The Morgan fingerprint density at radius 1 is 0.586 bits per heavy atom. The fourth-order valence-corrected chi connectivity index (χ4v) is 2.34. The zero-order valence-corrected chi connectivity index (χ0v) is 17.0. The van der Waals surface area contributed by atoms with Crippen molar-refractivity contribution in [1.29, 1.82) is 21.0 Å². The van der Waals surface area contributed by atoms with Gasteiger partial charge in [-0.25, -0.2) is 0 Å². The van der Waals surface area contributed by atoms with E-state index in [4.69, 9.17) is 44.7 Å². The first kappa shape index (κ1) is 26.8. The highest BCUT2D eigenvalue weighted by atomic mass is 16.6. The van der Waals surface area contributed by atoms with Gasteiger partial charge >= 0.3 is 0 Å². The molecule has 9 heteroatoms. The summed E-state index contributed by atoms with van der Waals surface area (Å²) in [4.78, 5) is 0. The van der Waals surface area contributed by atoms with Crippen molar-refractivity contribution in [2.75, 3.05) is 46.2 Å². The second-order valence-corrected chi connectivity index (χ2v) is 5.94. The molecule has 160 valence electrons. The van der Waals surface area contributed by atoms with Crippen LogP contribution in [-0.4, -0.2) is 64.6 Å². The average molecular weight is 406 g/mol. The van der Waals surface area contributed by atoms with Crippen LogP contribution in [0.4, 0.5) is 0 Å². The molecule has 29 heavy (non-hydrogen) atoms. The first-order chi connectivity index (χ1) is 14.2. The highest BCUT2D eigenvalue weighted by molar-refractivity contribution is 4.83. The minimum Gasteiger partial charge on any atom is -0.379 e. The van der Waals surface area contributed by atoms with E-state index in [0.29, 0.717) is 6.61 Å². The van der Waals surface area contributed by atoms with Crippen LogP contribution in [0.5, 0.6) is 0 Å². The van der Waals surface area contributed by atoms with Crippen molar-refractivity contribution < 1.29 is 23.7 Å². The molecule has 0 amide bonds. The van der Waals surface area contributed by atoms with Crippen LogP contribution >= 0.6 is 0 Å². The van der Waals surface area contributed by atoms with Crippen LogP contribution in [0.1, 0.15) is 39.0 Å². The summed E-state index contributed by atoms with van der Waals surface area (Å²) in [6, 6.07) is 8.08. The smallest absolute Gasteiger partial charge is 0.114 e. The van der Waals surface area contributed by atoms with E-state index in [1.807, 2.05) is 31.2 Å². The summed E-state index contributed by atoms with van der Waals surface area (Å²) >= 11 is 0. The van der Waals surface area contributed by atoms with Gasteiger partial charge in [0.25, 0.3) is 0 Å². The standard InChI is InChI=1S/C20H30N4O5/c1-2-11-25-16-18(27-13-4-8-22)20(29-15-6-10-24)19(28-14-5-9-23)17-26-12-3-7-21/h18-20H,2-6,11-17H2,1H3. The first-order valence-electron chi connectivity index (χ1n) is 9.73. The van der Waals surface area contributed by atoms with Crippen molar-refractivity contribution in [3.63, 3.8) is 0 Å². The maximum absolute atomic E-state index is 8.83. The Balaban J connectivity index is 5.30. The van der Waals surface area contributed by atoms with Gasteiger partial charge in [-0.2, -0.15) is 21.0 Å². The predicted octanol–water partition coefficient (Wildman–Crippen LogP) is 2.24. The van der Waals surface area contributed by atoms with E-state index in [-0.39, 0.29) is 65.3 Å². The maximum atomic E-state index is 8.83. The number of nitrogens with zero attached hydrogens (tertiary/aromatic N) is 4. The van der Waals surface area contributed by atoms with Gasteiger partial charge < -0.3 is 23.7 Å². The highest BCUT2D eigenvalue weighted by Crippen LogP contribution is 2.16. The molecule has 9 nitrogen and oxygen atoms in total. The van der Waals surface area contributed by atoms with Crippen molar-refractivity contribution in [3.8, 4) is 24.3 Å². The molecule has 0 saturated heterocycles. The molecule has 0 fully saturated rings. The molecule has 0 rings (SSSR count). The molecule has 0 aromatic heterocycles. The number of rotatable bonds is 19. The summed E-state index contributed by atoms with van der Waals surface area (Å²) in [5.41, 5.74) is 0. The highest BCUT2D eigenvalue weighted by Gasteiger charge is 2.33. The van der Waals surface area contributed by atoms with Gasteiger partial charge in [-0.3, -0.25) is 0 Å². The van der Waals surface area contributed by atoms with Crippen LogP contribution in [0.15, 0.2) is 0 Å². The van der Waals surface area contributed by atoms with Crippen molar-refractivity contribution >= 4 is 0 Å². The lowest BCUT2D eigenvalue weighted by Crippen LogP contribution is -2.47. The van der Waals surface area contributed by atoms with Crippen molar-refractivity contribution in [3.05, 3.63) is 0 Å². The average Bonchev–Trinajstić information content (AvgIpc) is 2.73. The molecular formula is C20H30N4O5. The Morgan fingerprint density at radius 2 is 1.00 bits per heavy atom. The van der Waals surface area contributed by atoms with E-state index in [2.05, 4.69) is 0 Å². The third kappa shape index (κ3) is 14.4. The fourth-order valence-electron chi connectivity index (χ4n) is 2.34. The van der Waals surface area contributed by atoms with Crippen LogP contribution in [0.2, 0.25) is 0 Å². The molecule has 3 atom stereocenters. The Morgan fingerprint density at radius 3 is 1.45 bits per heavy atom. The van der Waals surface area contributed by atoms with Gasteiger partial charge in [-0.05, 0) is 6.42 Å². The van der Waals surface area contributed by atoms with E-state index < -0.39 is 18.3 Å². The van der Waals surface area contributed by atoms with E-state index >= 15 is 0 Å². The Kier molecular flexibility index (Phi) is 18.9. The SMILES string of the molecule is CCCOCC(OCCC#N)C(OCCC#N)C(COCCC#N)OCCC#N. The van der Waals surface area contributed by atoms with Crippen molar-refractivity contribution in [1.82, 2.24) is 0 Å². The Hall–Kier alpha value is -2.24. The number of hydrogen-bond acceptors (Lipinski definition) is 9. The molecule has 0 radical (unpaired) electrons. The summed E-state index contributed by atoms with van der Waals surface area (Å²) in [6.07, 6.45) is -0.0634. The molecule has 0 aliphatic heterocycles. The Labute approximate surface area is 173 Å². The van der Waals surface area contributed by atoms with Gasteiger partial charge in [-0.1, -0.05) is 6.92 Å². The molecule has 0 saturated carbocycles. The predicted molar refractivity (Wildman–Crippen MR) is 102 cm³/mol. The van der Waals surface area contributed by atoms with Gasteiger partial charge in [0, 0.05) is 6.61 Å².